The first-order valence-electron chi connectivity index (χ1n) is 12.2. The highest BCUT2D eigenvalue weighted by Gasteiger charge is 2.25. The van der Waals surface area contributed by atoms with Crippen molar-refractivity contribution in [2.75, 3.05) is 24.4 Å². The van der Waals surface area contributed by atoms with Crippen molar-refractivity contribution >= 4 is 58.5 Å². The van der Waals surface area contributed by atoms with Gasteiger partial charge in [0.2, 0.25) is 12.4 Å². The molecule has 204 valence electrons. The molecule has 0 bridgehead atoms. The van der Waals surface area contributed by atoms with Gasteiger partial charge in [-0.1, -0.05) is 23.7 Å². The number of nitrogens with one attached hydrogen (secondary N) is 2. The van der Waals surface area contributed by atoms with E-state index in [0.29, 0.717) is 46.8 Å². The number of aryl methyl sites for hydroxylation is 2. The van der Waals surface area contributed by atoms with Gasteiger partial charge in [-0.25, -0.2) is 9.78 Å². The third-order valence-corrected chi connectivity index (χ3v) is 6.91. The Bertz CT molecular complexity index is 1540. The Morgan fingerprint density at radius 3 is 2.67 bits per heavy atom. The number of halogens is 1. The van der Waals surface area contributed by atoms with Gasteiger partial charge in [0.15, 0.2) is 5.82 Å². The topological polar surface area (TPSA) is 125 Å². The normalized spacial score (nSPS) is 10.9. The van der Waals surface area contributed by atoms with Crippen LogP contribution in [0.15, 0.2) is 36.4 Å². The summed E-state index contributed by atoms with van der Waals surface area (Å²) in [7, 11) is 4.73. The number of anilines is 3. The summed E-state index contributed by atoms with van der Waals surface area (Å²) < 4.78 is 6.52. The maximum absolute atomic E-state index is 13.3. The number of H-pyrrole nitrogens is 1. The van der Waals surface area contributed by atoms with Crippen LogP contribution in [0.3, 0.4) is 0 Å². The Morgan fingerprint density at radius 2 is 1.97 bits per heavy atom. The van der Waals surface area contributed by atoms with Gasteiger partial charge in [0.05, 0.1) is 25.8 Å². The van der Waals surface area contributed by atoms with Gasteiger partial charge in [0.25, 0.3) is 0 Å². The van der Waals surface area contributed by atoms with Crippen molar-refractivity contribution in [3.63, 3.8) is 0 Å². The Labute approximate surface area is 230 Å². The molecule has 0 aliphatic carbocycles. The summed E-state index contributed by atoms with van der Waals surface area (Å²) in [6.07, 6.45) is 1.17. The molecule has 0 unspecified atom stereocenters. The zero-order valence-electron chi connectivity index (χ0n) is 22.4. The molecular weight excluding hydrogens is 522 g/mol. The molecule has 3 aromatic heterocycles. The number of hydrogen-bond acceptors (Lipinski definition) is 7. The van der Waals surface area contributed by atoms with E-state index < -0.39 is 6.03 Å². The van der Waals surface area contributed by atoms with E-state index in [2.05, 4.69) is 20.3 Å². The number of urea groups is 1. The Morgan fingerprint density at radius 1 is 1.21 bits per heavy atom. The van der Waals surface area contributed by atoms with Crippen molar-refractivity contribution in [1.29, 1.82) is 0 Å². The minimum atomic E-state index is -0.541. The zero-order valence-corrected chi connectivity index (χ0v) is 23.2. The first-order valence-corrected chi connectivity index (χ1v) is 12.6. The average molecular weight is 552 g/mol. The van der Waals surface area contributed by atoms with Gasteiger partial charge in [-0.2, -0.15) is 4.98 Å². The van der Waals surface area contributed by atoms with Crippen molar-refractivity contribution in [2.45, 2.75) is 33.2 Å². The van der Waals surface area contributed by atoms with Crippen LogP contribution in [0.4, 0.5) is 22.4 Å². The van der Waals surface area contributed by atoms with Crippen LogP contribution < -0.4 is 10.2 Å². The van der Waals surface area contributed by atoms with Crippen LogP contribution in [0.1, 0.15) is 29.1 Å². The van der Waals surface area contributed by atoms with E-state index in [9.17, 15) is 14.4 Å². The molecule has 0 saturated heterocycles. The number of methoxy groups -OCH3 is 1. The molecule has 39 heavy (non-hydrogen) atoms. The molecule has 0 fully saturated rings. The Kier molecular flexibility index (Phi) is 8.20. The first-order chi connectivity index (χ1) is 18.6. The van der Waals surface area contributed by atoms with Crippen LogP contribution in [0, 0.1) is 13.8 Å². The van der Waals surface area contributed by atoms with E-state index in [-0.39, 0.29) is 18.9 Å². The van der Waals surface area contributed by atoms with E-state index in [1.165, 1.54) is 12.0 Å². The Hall–Kier alpha value is -4.38. The number of aromatic amines is 1. The minimum Gasteiger partial charge on any atom is -0.469 e. The molecule has 0 radical (unpaired) electrons. The molecule has 12 heteroatoms. The molecule has 0 aliphatic heterocycles. The third kappa shape index (κ3) is 5.88. The standard InChI is InChI=1S/C27H30ClN7O4/c1-16-9-11-23(30-21(16)10-12-24(37)39-5)31-26-32-25(17(2)33(26)3)34(4)27(38)35(15-36)14-18-13-19-20(28)7-6-8-22(19)29-18/h6-9,11,13,15,29H,10,12,14H2,1-5H3,(H,30,31,32). The van der Waals surface area contributed by atoms with Crippen molar-refractivity contribution < 1.29 is 19.1 Å². The lowest BCUT2D eigenvalue weighted by molar-refractivity contribution is -0.140. The number of esters is 1. The second kappa shape index (κ2) is 11.6. The van der Waals surface area contributed by atoms with Crippen LogP contribution in [0.2, 0.25) is 5.02 Å². The van der Waals surface area contributed by atoms with Gasteiger partial charge < -0.3 is 19.6 Å². The number of benzene rings is 1. The second-order valence-electron chi connectivity index (χ2n) is 9.14. The lowest BCUT2D eigenvalue weighted by atomic mass is 10.1. The average Bonchev–Trinajstić information content (AvgIpc) is 3.47. The molecule has 4 aromatic rings. The fourth-order valence-corrected chi connectivity index (χ4v) is 4.43. The van der Waals surface area contributed by atoms with E-state index in [4.69, 9.17) is 16.3 Å². The van der Waals surface area contributed by atoms with Crippen molar-refractivity contribution in [3.05, 3.63) is 64.1 Å². The SMILES string of the molecule is COC(=O)CCc1nc(Nc2nc(N(C)C(=O)N(C=O)Cc3cc4c(Cl)cccc4[nH]3)c(C)n2C)ccc1C. The molecule has 3 heterocycles. The van der Waals surface area contributed by atoms with Gasteiger partial charge in [-0.05, 0) is 43.7 Å². The van der Waals surface area contributed by atoms with Crippen LogP contribution in [-0.2, 0) is 34.3 Å². The van der Waals surface area contributed by atoms with Gasteiger partial charge in [0, 0.05) is 47.8 Å². The van der Waals surface area contributed by atoms with E-state index in [1.807, 2.05) is 51.2 Å². The fourth-order valence-electron chi connectivity index (χ4n) is 4.20. The van der Waals surface area contributed by atoms with Crippen molar-refractivity contribution in [1.82, 2.24) is 24.4 Å². The minimum absolute atomic E-state index is 0.0380. The lowest BCUT2D eigenvalue weighted by Gasteiger charge is -2.22. The number of carbonyl (C=O) groups is 3. The summed E-state index contributed by atoms with van der Waals surface area (Å²) in [5.74, 6) is 1.08. The molecule has 4 rings (SSSR count). The molecule has 2 N–H and O–H groups in total. The molecule has 0 atom stereocenters. The van der Waals surface area contributed by atoms with Crippen LogP contribution in [0.5, 0.6) is 0 Å². The third-order valence-electron chi connectivity index (χ3n) is 6.58. The molecule has 3 amide bonds. The summed E-state index contributed by atoms with van der Waals surface area (Å²) in [6.45, 7) is 3.79. The number of hydrogen-bond donors (Lipinski definition) is 2. The molecule has 0 spiro atoms. The predicted molar refractivity (Wildman–Crippen MR) is 149 cm³/mol. The summed E-state index contributed by atoms with van der Waals surface area (Å²) in [6, 6.07) is 10.5. The summed E-state index contributed by atoms with van der Waals surface area (Å²) in [5, 5.41) is 4.58. The smallest absolute Gasteiger partial charge is 0.332 e. The summed E-state index contributed by atoms with van der Waals surface area (Å²) in [5.41, 5.74) is 3.91. The Balaban J connectivity index is 1.51. The fraction of sp³-hybridized carbons (Fsp3) is 0.296. The summed E-state index contributed by atoms with van der Waals surface area (Å²) >= 11 is 6.26. The number of pyridine rings is 1. The maximum Gasteiger partial charge on any atom is 0.332 e. The number of aromatic nitrogens is 4. The predicted octanol–water partition coefficient (Wildman–Crippen LogP) is 4.63. The summed E-state index contributed by atoms with van der Waals surface area (Å²) in [4.78, 5) is 51.6. The number of imidazole rings is 1. The van der Waals surface area contributed by atoms with Gasteiger partial charge >= 0.3 is 12.0 Å². The van der Waals surface area contributed by atoms with Gasteiger partial charge in [-0.3, -0.25) is 19.4 Å². The van der Waals surface area contributed by atoms with Gasteiger partial charge in [0.1, 0.15) is 5.82 Å². The van der Waals surface area contributed by atoms with E-state index in [0.717, 1.165) is 27.1 Å². The first kappa shape index (κ1) is 27.6. The number of rotatable bonds is 9. The molecule has 0 aliphatic rings. The number of imide groups is 1. The highest BCUT2D eigenvalue weighted by Crippen LogP contribution is 2.27. The number of ether oxygens (including phenoxy) is 1. The second-order valence-corrected chi connectivity index (χ2v) is 9.54. The molecule has 11 nitrogen and oxygen atoms in total. The number of carbonyl (C=O) groups excluding carboxylic acids is 3. The highest BCUT2D eigenvalue weighted by molar-refractivity contribution is 6.35. The quantitative estimate of drug-likeness (QED) is 0.229. The number of amides is 3. The van der Waals surface area contributed by atoms with E-state index in [1.54, 1.807) is 17.7 Å². The molecule has 1 aromatic carbocycles. The largest absolute Gasteiger partial charge is 0.469 e. The monoisotopic (exact) mass is 551 g/mol. The lowest BCUT2D eigenvalue weighted by Crippen LogP contribution is -2.40. The van der Waals surface area contributed by atoms with Crippen LogP contribution in [0.25, 0.3) is 10.9 Å². The highest BCUT2D eigenvalue weighted by atomic mass is 35.5. The van der Waals surface area contributed by atoms with Crippen molar-refractivity contribution in [2.24, 2.45) is 7.05 Å². The molecular formula is C27H30ClN7O4. The number of fused-ring (bicyclic) bond motifs is 1. The maximum atomic E-state index is 13.3. The number of nitrogens with zero attached hydrogens (tertiary/aromatic N) is 5. The zero-order chi connectivity index (χ0) is 28.3. The van der Waals surface area contributed by atoms with E-state index >= 15 is 0 Å². The van der Waals surface area contributed by atoms with Crippen LogP contribution >= 0.6 is 11.6 Å². The van der Waals surface area contributed by atoms with Crippen LogP contribution in [-0.4, -0.2) is 57.0 Å². The molecule has 0 saturated carbocycles. The van der Waals surface area contributed by atoms with Crippen molar-refractivity contribution in [3.8, 4) is 0 Å². The van der Waals surface area contributed by atoms with Gasteiger partial charge in [-0.15, -0.1) is 0 Å².